The second kappa shape index (κ2) is 6.24. The fourth-order valence-electron chi connectivity index (χ4n) is 1.95. The van der Waals surface area contributed by atoms with Crippen molar-refractivity contribution in [3.8, 4) is 11.5 Å². The minimum atomic E-state index is 0.708. The zero-order valence-electron chi connectivity index (χ0n) is 11.5. The van der Waals surface area contributed by atoms with Gasteiger partial charge in [-0.05, 0) is 30.6 Å². The summed E-state index contributed by atoms with van der Waals surface area (Å²) in [6.45, 7) is 1.70. The minimum absolute atomic E-state index is 0.708. The smallest absolute Gasteiger partial charge is 0.161 e. The van der Waals surface area contributed by atoms with Gasteiger partial charge < -0.3 is 20.1 Å². The summed E-state index contributed by atoms with van der Waals surface area (Å²) in [6, 6.07) is 5.86. The van der Waals surface area contributed by atoms with Crippen LogP contribution in [0.25, 0.3) is 10.8 Å². The normalized spacial score (nSPS) is 10.5. The van der Waals surface area contributed by atoms with Gasteiger partial charge in [-0.2, -0.15) is 0 Å². The lowest BCUT2D eigenvalue weighted by Gasteiger charge is -2.12. The van der Waals surface area contributed by atoms with Crippen LogP contribution in [0.3, 0.4) is 0 Å². The van der Waals surface area contributed by atoms with E-state index in [4.69, 9.17) is 9.47 Å². The van der Waals surface area contributed by atoms with Crippen molar-refractivity contribution in [2.45, 2.75) is 0 Å². The van der Waals surface area contributed by atoms with Crippen LogP contribution < -0.4 is 20.1 Å². The van der Waals surface area contributed by atoms with Crippen LogP contribution in [0.1, 0.15) is 0 Å². The van der Waals surface area contributed by atoms with E-state index in [1.54, 1.807) is 20.4 Å². The molecule has 0 spiro atoms. The maximum atomic E-state index is 5.33. The Bertz CT molecular complexity index is 558. The average molecular weight is 261 g/mol. The highest BCUT2D eigenvalue weighted by atomic mass is 16.5. The molecular weight excluding hydrogens is 242 g/mol. The van der Waals surface area contributed by atoms with Crippen LogP contribution in [-0.2, 0) is 0 Å². The van der Waals surface area contributed by atoms with Crippen molar-refractivity contribution in [2.75, 3.05) is 39.7 Å². The zero-order chi connectivity index (χ0) is 13.7. The number of pyridine rings is 1. The maximum Gasteiger partial charge on any atom is 0.161 e. The summed E-state index contributed by atoms with van der Waals surface area (Å²) in [4.78, 5) is 4.37. The van der Waals surface area contributed by atoms with E-state index in [0.717, 1.165) is 35.4 Å². The lowest BCUT2D eigenvalue weighted by molar-refractivity contribution is 0.356. The molecule has 0 bridgehead atoms. The molecule has 1 aromatic carbocycles. The van der Waals surface area contributed by atoms with E-state index in [2.05, 4.69) is 15.6 Å². The summed E-state index contributed by atoms with van der Waals surface area (Å²) in [5.74, 6) is 2.29. The number of nitrogens with one attached hydrogen (secondary N) is 2. The number of ether oxygens (including phenoxy) is 2. The molecule has 5 nitrogen and oxygen atoms in total. The fraction of sp³-hybridized carbons (Fsp3) is 0.357. The first kappa shape index (κ1) is 13.4. The first-order valence-electron chi connectivity index (χ1n) is 6.19. The first-order valence-corrected chi connectivity index (χ1v) is 6.19. The molecule has 0 aliphatic heterocycles. The Morgan fingerprint density at radius 3 is 2.53 bits per heavy atom. The molecule has 0 unspecified atom stereocenters. The average Bonchev–Trinajstić information content (AvgIpc) is 2.46. The molecule has 2 N–H and O–H groups in total. The third-order valence-corrected chi connectivity index (χ3v) is 2.94. The van der Waals surface area contributed by atoms with Gasteiger partial charge in [0.2, 0.25) is 0 Å². The summed E-state index contributed by atoms with van der Waals surface area (Å²) in [5.41, 5.74) is 0. The number of hydrogen-bond donors (Lipinski definition) is 2. The molecule has 0 saturated carbocycles. The Morgan fingerprint density at radius 2 is 1.84 bits per heavy atom. The number of aromatic nitrogens is 1. The number of rotatable bonds is 6. The van der Waals surface area contributed by atoms with E-state index in [1.165, 1.54) is 0 Å². The van der Waals surface area contributed by atoms with Crippen molar-refractivity contribution in [3.05, 3.63) is 24.4 Å². The van der Waals surface area contributed by atoms with Crippen LogP contribution >= 0.6 is 0 Å². The summed E-state index contributed by atoms with van der Waals surface area (Å²) in [6.07, 6.45) is 1.79. The van der Waals surface area contributed by atoms with E-state index in [1.807, 2.05) is 25.2 Å². The summed E-state index contributed by atoms with van der Waals surface area (Å²) in [7, 11) is 5.19. The number of likely N-dealkylation sites (N-methyl/N-ethyl adjacent to an activating group) is 1. The third-order valence-electron chi connectivity index (χ3n) is 2.94. The van der Waals surface area contributed by atoms with Crippen LogP contribution in [0.2, 0.25) is 0 Å². The van der Waals surface area contributed by atoms with Crippen molar-refractivity contribution in [1.82, 2.24) is 10.3 Å². The predicted molar refractivity (Wildman–Crippen MR) is 77.3 cm³/mol. The molecule has 0 atom stereocenters. The van der Waals surface area contributed by atoms with Crippen molar-refractivity contribution < 1.29 is 9.47 Å². The van der Waals surface area contributed by atoms with Gasteiger partial charge in [0, 0.05) is 24.7 Å². The number of anilines is 1. The van der Waals surface area contributed by atoms with Crippen LogP contribution in [-0.4, -0.2) is 39.3 Å². The molecule has 0 radical (unpaired) electrons. The van der Waals surface area contributed by atoms with Gasteiger partial charge in [-0.3, -0.25) is 0 Å². The lowest BCUT2D eigenvalue weighted by Crippen LogP contribution is -2.18. The van der Waals surface area contributed by atoms with Crippen LogP contribution in [0.15, 0.2) is 24.4 Å². The van der Waals surface area contributed by atoms with Gasteiger partial charge in [-0.15, -0.1) is 0 Å². The van der Waals surface area contributed by atoms with E-state index in [-0.39, 0.29) is 0 Å². The van der Waals surface area contributed by atoms with E-state index in [0.29, 0.717) is 5.75 Å². The molecular formula is C14H19N3O2. The molecule has 102 valence electrons. The van der Waals surface area contributed by atoms with E-state index < -0.39 is 0 Å². The number of fused-ring (bicyclic) bond motifs is 1. The Balaban J connectivity index is 2.42. The largest absolute Gasteiger partial charge is 0.493 e. The topological polar surface area (TPSA) is 55.4 Å². The highest BCUT2D eigenvalue weighted by molar-refractivity contribution is 5.94. The van der Waals surface area contributed by atoms with E-state index in [9.17, 15) is 0 Å². The first-order chi connectivity index (χ1) is 9.30. The number of benzene rings is 1. The molecule has 2 rings (SSSR count). The third kappa shape index (κ3) is 2.88. The van der Waals surface area contributed by atoms with Crippen molar-refractivity contribution in [2.24, 2.45) is 0 Å². The fourth-order valence-corrected chi connectivity index (χ4v) is 1.95. The highest BCUT2D eigenvalue weighted by Gasteiger charge is 2.09. The molecule has 1 aromatic heterocycles. The standard InChI is InChI=1S/C14H19N3O2/c1-15-6-7-17-14-11-9-13(19-3)12(18-2)8-10(11)4-5-16-14/h4-5,8-9,15H,6-7H2,1-3H3,(H,16,17). The number of nitrogens with zero attached hydrogens (tertiary/aromatic N) is 1. The molecule has 0 aliphatic carbocycles. The highest BCUT2D eigenvalue weighted by Crippen LogP contribution is 2.34. The monoisotopic (exact) mass is 261 g/mol. The predicted octanol–water partition coefficient (Wildman–Crippen LogP) is 1.88. The Hall–Kier alpha value is -2.01. The van der Waals surface area contributed by atoms with Gasteiger partial charge in [0.05, 0.1) is 14.2 Å². The van der Waals surface area contributed by atoms with Gasteiger partial charge >= 0.3 is 0 Å². The SMILES string of the molecule is CNCCNc1nccc2cc(OC)c(OC)cc12. The number of hydrogen-bond acceptors (Lipinski definition) is 5. The zero-order valence-corrected chi connectivity index (χ0v) is 11.5. The van der Waals surface area contributed by atoms with Gasteiger partial charge in [0.15, 0.2) is 11.5 Å². The maximum absolute atomic E-state index is 5.33. The van der Waals surface area contributed by atoms with Gasteiger partial charge in [-0.1, -0.05) is 0 Å². The molecule has 0 saturated heterocycles. The summed E-state index contributed by atoms with van der Waals surface area (Å²) < 4.78 is 10.6. The second-order valence-corrected chi connectivity index (χ2v) is 4.12. The molecule has 19 heavy (non-hydrogen) atoms. The van der Waals surface area contributed by atoms with Crippen molar-refractivity contribution in [3.63, 3.8) is 0 Å². The van der Waals surface area contributed by atoms with Crippen LogP contribution in [0, 0.1) is 0 Å². The second-order valence-electron chi connectivity index (χ2n) is 4.12. The lowest BCUT2D eigenvalue weighted by atomic mass is 10.1. The summed E-state index contributed by atoms with van der Waals surface area (Å²) >= 11 is 0. The molecule has 1 heterocycles. The minimum Gasteiger partial charge on any atom is -0.493 e. The Kier molecular flexibility index (Phi) is 4.41. The quantitative estimate of drug-likeness (QED) is 0.778. The van der Waals surface area contributed by atoms with E-state index >= 15 is 0 Å². The molecule has 5 heteroatoms. The molecule has 2 aromatic rings. The number of methoxy groups -OCH3 is 2. The van der Waals surface area contributed by atoms with Gasteiger partial charge in [-0.25, -0.2) is 4.98 Å². The Morgan fingerprint density at radius 1 is 1.11 bits per heavy atom. The summed E-state index contributed by atoms with van der Waals surface area (Å²) in [5, 5.41) is 8.49. The van der Waals surface area contributed by atoms with Crippen LogP contribution in [0.4, 0.5) is 5.82 Å². The van der Waals surface area contributed by atoms with Gasteiger partial charge in [0.1, 0.15) is 5.82 Å². The molecule has 0 amide bonds. The Labute approximate surface area is 112 Å². The molecule has 0 aliphatic rings. The van der Waals surface area contributed by atoms with Crippen molar-refractivity contribution >= 4 is 16.6 Å². The molecule has 0 fully saturated rings. The van der Waals surface area contributed by atoms with Crippen molar-refractivity contribution in [1.29, 1.82) is 0 Å². The van der Waals surface area contributed by atoms with Crippen LogP contribution in [0.5, 0.6) is 11.5 Å². The van der Waals surface area contributed by atoms with Gasteiger partial charge in [0.25, 0.3) is 0 Å².